The number of rotatable bonds is 7. The van der Waals surface area contributed by atoms with Crippen LogP contribution in [0.1, 0.15) is 45.5 Å². The fourth-order valence-electron chi connectivity index (χ4n) is 4.28. The Balaban J connectivity index is 1.47. The molecular formula is C30H35F3N6O. The zero-order valence-electron chi connectivity index (χ0n) is 22.7. The summed E-state index contributed by atoms with van der Waals surface area (Å²) in [6, 6.07) is 9.31. The van der Waals surface area contributed by atoms with Crippen LogP contribution in [-0.2, 0) is 12.7 Å². The summed E-state index contributed by atoms with van der Waals surface area (Å²) < 4.78 is 41.8. The predicted octanol–water partition coefficient (Wildman–Crippen LogP) is 3.76. The molecular weight excluding hydrogens is 517 g/mol. The van der Waals surface area contributed by atoms with Gasteiger partial charge in [0.15, 0.2) is 0 Å². The topological polar surface area (TPSA) is 99.7 Å². The third kappa shape index (κ3) is 8.28. The third-order valence-corrected chi connectivity index (χ3v) is 6.89. The molecule has 10 heteroatoms. The highest BCUT2D eigenvalue weighted by atomic mass is 19.4. The second kappa shape index (κ2) is 12.5. The van der Waals surface area contributed by atoms with Gasteiger partial charge in [-0.25, -0.2) is 0 Å². The molecule has 0 spiro atoms. The van der Waals surface area contributed by atoms with E-state index in [0.717, 1.165) is 37.6 Å². The van der Waals surface area contributed by atoms with Crippen molar-refractivity contribution in [3.05, 3.63) is 87.9 Å². The van der Waals surface area contributed by atoms with Crippen LogP contribution in [0.4, 0.5) is 18.9 Å². The Bertz CT molecular complexity index is 1360. The molecule has 1 aliphatic heterocycles. The fourth-order valence-corrected chi connectivity index (χ4v) is 4.28. The van der Waals surface area contributed by atoms with Gasteiger partial charge in [-0.3, -0.25) is 9.69 Å². The third-order valence-electron chi connectivity index (χ3n) is 6.89. The van der Waals surface area contributed by atoms with Gasteiger partial charge in [0.25, 0.3) is 5.91 Å². The Morgan fingerprint density at radius 1 is 1.07 bits per heavy atom. The maximum atomic E-state index is 13.9. The van der Waals surface area contributed by atoms with Crippen molar-refractivity contribution in [2.45, 2.75) is 38.5 Å². The summed E-state index contributed by atoms with van der Waals surface area (Å²) in [5, 5.41) is 5.75. The number of alkyl halides is 3. The molecule has 40 heavy (non-hydrogen) atoms. The van der Waals surface area contributed by atoms with Crippen LogP contribution in [0.2, 0.25) is 0 Å². The van der Waals surface area contributed by atoms with Gasteiger partial charge in [-0.2, -0.15) is 13.2 Å². The summed E-state index contributed by atoms with van der Waals surface area (Å²) in [4.78, 5) is 17.1. The lowest BCUT2D eigenvalue weighted by molar-refractivity contribution is -0.138. The van der Waals surface area contributed by atoms with Crippen molar-refractivity contribution in [1.29, 1.82) is 0 Å². The molecule has 2 aromatic carbocycles. The number of nitrogens with two attached hydrogens (primary N) is 2. The zero-order valence-corrected chi connectivity index (χ0v) is 22.7. The first kappa shape index (κ1) is 29.1. The minimum absolute atomic E-state index is 0.0732. The molecule has 1 aliphatic carbocycles. The maximum Gasteiger partial charge on any atom is 0.416 e. The van der Waals surface area contributed by atoms with Gasteiger partial charge in [-0.05, 0) is 80.3 Å². The van der Waals surface area contributed by atoms with E-state index in [1.54, 1.807) is 30.4 Å². The first-order valence-electron chi connectivity index (χ1n) is 13.2. The number of carbonyl (C=O) groups excluding carboxylic acids is 1. The second-order valence-corrected chi connectivity index (χ2v) is 10.3. The summed E-state index contributed by atoms with van der Waals surface area (Å²) in [6.07, 6.45) is 0.918. The number of nitrogens with zero attached hydrogens (tertiary/aromatic N) is 2. The quantitative estimate of drug-likeness (QED) is 0.309. The van der Waals surface area contributed by atoms with Gasteiger partial charge >= 0.3 is 6.18 Å². The minimum atomic E-state index is -4.55. The van der Waals surface area contributed by atoms with Gasteiger partial charge in [0.1, 0.15) is 0 Å². The number of amides is 1. The van der Waals surface area contributed by atoms with Crippen molar-refractivity contribution < 1.29 is 18.0 Å². The number of halogens is 3. The van der Waals surface area contributed by atoms with Crippen LogP contribution in [0.25, 0.3) is 0 Å². The lowest BCUT2D eigenvalue weighted by Crippen LogP contribution is -2.44. The number of allylic oxidation sites excluding steroid dienone is 3. The number of hydrogen-bond acceptors (Lipinski definition) is 6. The Labute approximate surface area is 233 Å². The largest absolute Gasteiger partial charge is 0.416 e. The van der Waals surface area contributed by atoms with E-state index in [-0.39, 0.29) is 23.4 Å². The monoisotopic (exact) mass is 552 g/mol. The smallest absolute Gasteiger partial charge is 0.392 e. The lowest BCUT2D eigenvalue weighted by atomic mass is 10.0. The summed E-state index contributed by atoms with van der Waals surface area (Å²) in [7, 11) is 2.00. The Kier molecular flexibility index (Phi) is 9.07. The van der Waals surface area contributed by atoms with Crippen LogP contribution >= 0.6 is 0 Å². The normalized spacial score (nSPS) is 17.2. The number of likely N-dealkylation sites (N-methyl/N-ethyl adjacent to an activating group) is 1. The summed E-state index contributed by atoms with van der Waals surface area (Å²) in [6.45, 7) is 5.07. The predicted molar refractivity (Wildman–Crippen MR) is 151 cm³/mol. The van der Waals surface area contributed by atoms with E-state index in [4.69, 9.17) is 11.5 Å². The number of piperazine rings is 1. The van der Waals surface area contributed by atoms with Gasteiger partial charge < -0.3 is 27.0 Å². The molecule has 0 aromatic heterocycles. The summed E-state index contributed by atoms with van der Waals surface area (Å²) >= 11 is 0. The molecule has 2 aromatic rings. The van der Waals surface area contributed by atoms with Gasteiger partial charge in [0, 0.05) is 55.6 Å². The van der Waals surface area contributed by atoms with Crippen molar-refractivity contribution in [3.63, 3.8) is 0 Å². The van der Waals surface area contributed by atoms with E-state index in [0.29, 0.717) is 36.2 Å². The van der Waals surface area contributed by atoms with E-state index < -0.39 is 17.6 Å². The van der Waals surface area contributed by atoms with E-state index in [1.807, 2.05) is 18.9 Å². The molecule has 4 rings (SSSR count). The molecule has 212 valence electrons. The highest BCUT2D eigenvalue weighted by molar-refractivity contribution is 6.04. The van der Waals surface area contributed by atoms with E-state index in [2.05, 4.69) is 27.4 Å². The van der Waals surface area contributed by atoms with Gasteiger partial charge in [-0.1, -0.05) is 18.1 Å². The highest BCUT2D eigenvalue weighted by Gasteiger charge is 2.34. The number of benzene rings is 2. The molecule has 0 unspecified atom stereocenters. The minimum Gasteiger partial charge on any atom is -0.392 e. The number of anilines is 1. The van der Waals surface area contributed by atoms with Crippen LogP contribution < -0.4 is 22.1 Å². The maximum absolute atomic E-state index is 13.9. The van der Waals surface area contributed by atoms with Crippen LogP contribution in [-0.4, -0.2) is 55.0 Å². The van der Waals surface area contributed by atoms with E-state index in [9.17, 15) is 18.0 Å². The van der Waals surface area contributed by atoms with Crippen LogP contribution in [0, 0.1) is 18.8 Å². The summed E-state index contributed by atoms with van der Waals surface area (Å²) in [5.74, 6) is 5.78. The van der Waals surface area contributed by atoms with E-state index >= 15 is 0 Å². The molecule has 2 fully saturated rings. The molecule has 7 nitrogen and oxygen atoms in total. The van der Waals surface area contributed by atoms with Crippen LogP contribution in [0.15, 0.2) is 60.1 Å². The molecule has 0 atom stereocenters. The Hall–Kier alpha value is -3.94. The van der Waals surface area contributed by atoms with Crippen molar-refractivity contribution in [2.24, 2.45) is 11.5 Å². The van der Waals surface area contributed by atoms with Crippen LogP contribution in [0.3, 0.4) is 0 Å². The van der Waals surface area contributed by atoms with Crippen LogP contribution in [0.5, 0.6) is 0 Å². The van der Waals surface area contributed by atoms with Gasteiger partial charge in [0.05, 0.1) is 17.1 Å². The van der Waals surface area contributed by atoms with Gasteiger partial charge in [-0.15, -0.1) is 0 Å². The van der Waals surface area contributed by atoms with Crippen molar-refractivity contribution >= 4 is 11.6 Å². The Morgan fingerprint density at radius 3 is 2.48 bits per heavy atom. The number of nitrogens with one attached hydrogen (secondary N) is 2. The molecule has 1 saturated heterocycles. The molecule has 0 radical (unpaired) electrons. The standard InChI is InChI=1S/C30H35F3N6O/c1-20-3-4-22(17-21(20)5-7-24(34)8-12-28(35)36-25-10-11-25)29(40)37-26-9-6-23(27(18-26)30(31,32)33)19-39-15-13-38(2)14-16-39/h3-4,6,8-9,12,17-18,25,36H,10-11,13-16,19,34-35H2,1-2H3,(H,37,40)/b24-8-,28-12+. The first-order chi connectivity index (χ1) is 19.0. The zero-order chi connectivity index (χ0) is 28.9. The van der Waals surface area contributed by atoms with Crippen molar-refractivity contribution in [1.82, 2.24) is 15.1 Å². The number of hydrogen-bond donors (Lipinski definition) is 4. The SMILES string of the molecule is Cc1ccc(C(=O)Nc2ccc(CN3CCN(C)CC3)c(C(F)(F)F)c2)cc1C#C/C(N)=C/C=C(\N)NC1CC1. The highest BCUT2D eigenvalue weighted by Crippen LogP contribution is 2.34. The average Bonchev–Trinajstić information content (AvgIpc) is 3.72. The summed E-state index contributed by atoms with van der Waals surface area (Å²) in [5.41, 5.74) is 13.4. The van der Waals surface area contributed by atoms with Gasteiger partial charge in [0.2, 0.25) is 0 Å². The lowest BCUT2D eigenvalue weighted by Gasteiger charge is -2.33. The van der Waals surface area contributed by atoms with Crippen molar-refractivity contribution in [3.8, 4) is 11.8 Å². The molecule has 1 saturated carbocycles. The average molecular weight is 553 g/mol. The fraction of sp³-hybridized carbons (Fsp3) is 0.367. The number of carbonyl (C=O) groups is 1. The molecule has 2 aliphatic rings. The van der Waals surface area contributed by atoms with Crippen molar-refractivity contribution in [2.75, 3.05) is 38.5 Å². The first-order valence-corrected chi connectivity index (χ1v) is 13.2. The number of aryl methyl sites for hydroxylation is 1. The second-order valence-electron chi connectivity index (χ2n) is 10.3. The molecule has 0 bridgehead atoms. The molecule has 1 heterocycles. The Morgan fingerprint density at radius 2 is 1.80 bits per heavy atom. The molecule has 1 amide bonds. The van der Waals surface area contributed by atoms with E-state index in [1.165, 1.54) is 12.1 Å². The molecule has 6 N–H and O–H groups in total.